The van der Waals surface area contributed by atoms with E-state index < -0.39 is 90.6 Å². The maximum absolute atomic E-state index is 13.8. The number of phenolic OH excluding ortho intramolecular Hbond substituents is 1. The van der Waals surface area contributed by atoms with Gasteiger partial charge in [-0.05, 0) is 47.6 Å². The third-order valence-electron chi connectivity index (χ3n) is 8.51. The minimum absolute atomic E-state index is 0.00766. The van der Waals surface area contributed by atoms with E-state index in [0.29, 0.717) is 11.1 Å². The van der Waals surface area contributed by atoms with Crippen molar-refractivity contribution in [2.24, 2.45) is 11.7 Å². The van der Waals surface area contributed by atoms with Crippen LogP contribution in [-0.4, -0.2) is 93.5 Å². The molecule has 0 bridgehead atoms. The molecule has 16 nitrogen and oxygen atoms in total. The lowest BCUT2D eigenvalue weighted by Gasteiger charge is -2.27. The lowest BCUT2D eigenvalue weighted by atomic mass is 10.00. The third kappa shape index (κ3) is 14.9. The zero-order chi connectivity index (χ0) is 40.5. The van der Waals surface area contributed by atoms with Crippen molar-refractivity contribution in [2.75, 3.05) is 6.54 Å². The molecule has 0 aliphatic carbocycles. The number of carboxylic acid groups (broad SMARTS) is 2. The lowest BCUT2D eigenvalue weighted by Crippen LogP contribution is -2.59. The second kappa shape index (κ2) is 21.4. The molecule has 0 unspecified atom stereocenters. The molecule has 5 atom stereocenters. The first-order chi connectivity index (χ1) is 26.1. The molecule has 10 N–H and O–H groups in total. The number of aromatic hydroxyl groups is 1. The average molecular weight is 761 g/mol. The maximum atomic E-state index is 13.8. The number of rotatable bonds is 21. The Bertz CT molecular complexity index is 1770. The monoisotopic (exact) mass is 760 g/mol. The van der Waals surface area contributed by atoms with Crippen LogP contribution in [0.1, 0.15) is 43.4 Å². The lowest BCUT2D eigenvalue weighted by molar-refractivity contribution is -0.141. The fourth-order valence-corrected chi connectivity index (χ4v) is 5.49. The van der Waals surface area contributed by atoms with Gasteiger partial charge in [0, 0.05) is 19.3 Å². The molecular formula is C39H48N6O10. The van der Waals surface area contributed by atoms with Crippen molar-refractivity contribution in [1.82, 2.24) is 26.6 Å². The molecule has 0 saturated heterocycles. The predicted molar refractivity (Wildman–Crippen MR) is 200 cm³/mol. The first kappa shape index (κ1) is 43.1. The second-order valence-corrected chi connectivity index (χ2v) is 13.3. The molecule has 0 aromatic heterocycles. The third-order valence-corrected chi connectivity index (χ3v) is 8.51. The molecule has 16 heteroatoms. The van der Waals surface area contributed by atoms with Crippen LogP contribution in [0.4, 0.5) is 0 Å². The van der Waals surface area contributed by atoms with Gasteiger partial charge in [0.2, 0.25) is 29.5 Å². The Morgan fingerprint density at radius 1 is 0.600 bits per heavy atom. The number of hydrogen-bond donors (Lipinski definition) is 9. The van der Waals surface area contributed by atoms with Gasteiger partial charge in [0.1, 0.15) is 29.9 Å². The van der Waals surface area contributed by atoms with Crippen LogP contribution < -0.4 is 32.3 Å². The highest BCUT2D eigenvalue weighted by atomic mass is 16.4. The Hall–Kier alpha value is -6.29. The van der Waals surface area contributed by atoms with Gasteiger partial charge >= 0.3 is 11.9 Å². The summed E-state index contributed by atoms with van der Waals surface area (Å²) in [5.74, 6) is -6.94. The Morgan fingerprint density at radius 3 is 1.65 bits per heavy atom. The topological polar surface area (TPSA) is 266 Å². The molecule has 0 radical (unpaired) electrons. The van der Waals surface area contributed by atoms with Gasteiger partial charge in [-0.2, -0.15) is 0 Å². The van der Waals surface area contributed by atoms with Crippen LogP contribution >= 0.6 is 0 Å². The normalized spacial score (nSPS) is 13.6. The second-order valence-electron chi connectivity index (χ2n) is 13.3. The summed E-state index contributed by atoms with van der Waals surface area (Å²) in [6, 6.07) is 17.1. The van der Waals surface area contributed by atoms with Crippen molar-refractivity contribution in [3.63, 3.8) is 0 Å². The molecule has 0 aliphatic heterocycles. The Balaban J connectivity index is 1.71. The molecule has 0 aliphatic rings. The van der Waals surface area contributed by atoms with Crippen molar-refractivity contribution in [2.45, 2.75) is 76.2 Å². The number of carbonyl (C=O) groups excluding carboxylic acids is 5. The van der Waals surface area contributed by atoms with Crippen LogP contribution in [-0.2, 0) is 52.8 Å². The predicted octanol–water partition coefficient (Wildman–Crippen LogP) is 0.408. The van der Waals surface area contributed by atoms with Gasteiger partial charge in [-0.1, -0.05) is 86.6 Å². The molecule has 0 saturated carbocycles. The summed E-state index contributed by atoms with van der Waals surface area (Å²) >= 11 is 0. The molecule has 0 heterocycles. The molecule has 3 aromatic rings. The van der Waals surface area contributed by atoms with Crippen LogP contribution in [0.2, 0.25) is 0 Å². The number of hydrogen-bond acceptors (Lipinski definition) is 9. The maximum Gasteiger partial charge on any atom is 0.326 e. The summed E-state index contributed by atoms with van der Waals surface area (Å²) in [4.78, 5) is 89.8. The number of nitrogens with two attached hydrogens (primary N) is 1. The number of aliphatic carboxylic acids is 2. The van der Waals surface area contributed by atoms with E-state index in [1.54, 1.807) is 74.5 Å². The zero-order valence-corrected chi connectivity index (χ0v) is 30.6. The molecular weight excluding hydrogens is 712 g/mol. The standard InChI is InChI=1S/C39H48N6O10/c1-23(2)34(38(53)41-22-32(47)42-31(39(54)55)21-26-13-15-27(46)16-14-26)45-37(52)30(20-25-11-7-4-8-12-25)44-36(51)29(17-18-33(48)49)43-35(50)28(40)19-24-9-5-3-6-10-24/h3-16,23,28-31,34,46H,17-22,40H2,1-2H3,(H,41,53)(H,42,47)(H,43,50)(H,44,51)(H,45,52)(H,48,49)(H,54,55)/t28-,29-,30-,31-,34-/m0/s1. The highest BCUT2D eigenvalue weighted by molar-refractivity contribution is 5.96. The Labute approximate surface area is 318 Å². The van der Waals surface area contributed by atoms with E-state index in [1.165, 1.54) is 24.3 Å². The number of carboxylic acids is 2. The van der Waals surface area contributed by atoms with Gasteiger partial charge in [0.15, 0.2) is 0 Å². The summed E-state index contributed by atoms with van der Waals surface area (Å²) in [6.45, 7) is 2.67. The molecule has 3 rings (SSSR count). The van der Waals surface area contributed by atoms with Gasteiger partial charge in [0.25, 0.3) is 0 Å². The van der Waals surface area contributed by atoms with Crippen LogP contribution in [0.25, 0.3) is 0 Å². The van der Waals surface area contributed by atoms with E-state index in [-0.39, 0.29) is 31.4 Å². The SMILES string of the molecule is CC(C)[C@H](NC(=O)[C@H](Cc1ccccc1)NC(=O)[C@H](CCC(=O)O)NC(=O)[C@@H](N)Cc1ccccc1)C(=O)NCC(=O)N[C@@H](Cc1ccc(O)cc1)C(=O)O. The zero-order valence-electron chi connectivity index (χ0n) is 30.6. The van der Waals surface area contributed by atoms with E-state index in [1.807, 2.05) is 0 Å². The van der Waals surface area contributed by atoms with Crippen molar-refractivity contribution >= 4 is 41.5 Å². The highest BCUT2D eigenvalue weighted by Gasteiger charge is 2.32. The fourth-order valence-electron chi connectivity index (χ4n) is 5.49. The quantitative estimate of drug-likeness (QED) is 0.0718. The van der Waals surface area contributed by atoms with E-state index >= 15 is 0 Å². The number of nitrogens with one attached hydrogen (secondary N) is 5. The molecule has 0 spiro atoms. The minimum Gasteiger partial charge on any atom is -0.508 e. The smallest absolute Gasteiger partial charge is 0.326 e. The minimum atomic E-state index is -1.37. The molecule has 5 amide bonds. The van der Waals surface area contributed by atoms with Gasteiger partial charge in [-0.25, -0.2) is 4.79 Å². The van der Waals surface area contributed by atoms with Crippen molar-refractivity contribution < 1.29 is 48.9 Å². The average Bonchev–Trinajstić information content (AvgIpc) is 3.15. The van der Waals surface area contributed by atoms with E-state index in [4.69, 9.17) is 5.73 Å². The van der Waals surface area contributed by atoms with E-state index in [2.05, 4.69) is 26.6 Å². The number of carbonyl (C=O) groups is 7. The Kier molecular flexibility index (Phi) is 16.8. The van der Waals surface area contributed by atoms with Crippen molar-refractivity contribution in [3.8, 4) is 5.75 Å². The summed E-state index contributed by atoms with van der Waals surface area (Å²) in [6.07, 6.45) is -0.760. The van der Waals surface area contributed by atoms with Gasteiger partial charge in [-0.3, -0.25) is 28.8 Å². The van der Waals surface area contributed by atoms with Gasteiger partial charge in [-0.15, -0.1) is 0 Å². The summed E-state index contributed by atoms with van der Waals surface area (Å²) in [5.41, 5.74) is 8.06. The van der Waals surface area contributed by atoms with Crippen LogP contribution in [0, 0.1) is 5.92 Å². The Morgan fingerprint density at radius 2 is 1.11 bits per heavy atom. The van der Waals surface area contributed by atoms with Gasteiger partial charge in [0.05, 0.1) is 12.6 Å². The number of amides is 5. The molecule has 55 heavy (non-hydrogen) atoms. The van der Waals surface area contributed by atoms with Crippen molar-refractivity contribution in [1.29, 1.82) is 0 Å². The van der Waals surface area contributed by atoms with E-state index in [9.17, 15) is 48.9 Å². The molecule has 3 aromatic carbocycles. The largest absolute Gasteiger partial charge is 0.508 e. The van der Waals surface area contributed by atoms with Crippen LogP contribution in [0.3, 0.4) is 0 Å². The molecule has 294 valence electrons. The highest BCUT2D eigenvalue weighted by Crippen LogP contribution is 2.12. The first-order valence-electron chi connectivity index (χ1n) is 17.7. The van der Waals surface area contributed by atoms with E-state index in [0.717, 1.165) is 5.56 Å². The van der Waals surface area contributed by atoms with Gasteiger partial charge < -0.3 is 47.6 Å². The summed E-state index contributed by atoms with van der Waals surface area (Å²) < 4.78 is 0. The van der Waals surface area contributed by atoms with Crippen molar-refractivity contribution in [3.05, 3.63) is 102 Å². The number of benzene rings is 3. The fraction of sp³-hybridized carbons (Fsp3) is 0.359. The van der Waals surface area contributed by atoms with Crippen LogP contribution in [0.15, 0.2) is 84.9 Å². The van der Waals surface area contributed by atoms with Crippen LogP contribution in [0.5, 0.6) is 5.75 Å². The first-order valence-corrected chi connectivity index (χ1v) is 17.7. The summed E-state index contributed by atoms with van der Waals surface area (Å²) in [7, 11) is 0. The molecule has 0 fully saturated rings. The number of phenols is 1. The summed E-state index contributed by atoms with van der Waals surface area (Å²) in [5, 5.41) is 40.9.